The molecule has 0 unspecified atom stereocenters. The first-order chi connectivity index (χ1) is 8.52. The number of carbonyl (C=O) groups excluding carboxylic acids is 1. The normalized spacial score (nSPS) is 10.4. The van der Waals surface area contributed by atoms with Gasteiger partial charge in [-0.25, -0.2) is 15.8 Å². The zero-order valence-electron chi connectivity index (χ0n) is 10.7. The van der Waals surface area contributed by atoms with Gasteiger partial charge in [-0.2, -0.15) is 0 Å². The molecule has 1 amide bonds. The lowest BCUT2D eigenvalue weighted by atomic mass is 10.2. The maximum Gasteiger partial charge on any atom is 0.217 e. The Bertz CT molecular complexity index is 407. The third-order valence-electron chi connectivity index (χ3n) is 2.31. The summed E-state index contributed by atoms with van der Waals surface area (Å²) in [6, 6.07) is 1.72. The summed E-state index contributed by atoms with van der Waals surface area (Å²) in [7, 11) is 0. The van der Waals surface area contributed by atoms with Crippen molar-refractivity contribution in [1.29, 1.82) is 0 Å². The second-order valence-corrected chi connectivity index (χ2v) is 4.29. The van der Waals surface area contributed by atoms with Crippen LogP contribution in [0.25, 0.3) is 0 Å². The molecule has 1 aromatic heterocycles. The Balaban J connectivity index is 2.63. The number of aromatic nitrogens is 2. The zero-order chi connectivity index (χ0) is 13.5. The van der Waals surface area contributed by atoms with E-state index >= 15 is 0 Å². The van der Waals surface area contributed by atoms with Gasteiger partial charge in [-0.3, -0.25) is 4.79 Å². The Morgan fingerprint density at radius 1 is 1.39 bits per heavy atom. The van der Waals surface area contributed by atoms with E-state index < -0.39 is 0 Å². The van der Waals surface area contributed by atoms with Gasteiger partial charge in [0.1, 0.15) is 17.5 Å². The van der Waals surface area contributed by atoms with Gasteiger partial charge in [0, 0.05) is 24.9 Å². The van der Waals surface area contributed by atoms with Crippen LogP contribution in [0, 0.1) is 0 Å². The van der Waals surface area contributed by atoms with Crippen LogP contribution in [0.3, 0.4) is 0 Å². The highest BCUT2D eigenvalue weighted by molar-refractivity contribution is 5.73. The van der Waals surface area contributed by atoms with Crippen LogP contribution in [0.2, 0.25) is 0 Å². The third-order valence-corrected chi connectivity index (χ3v) is 2.31. The van der Waals surface area contributed by atoms with E-state index in [1.165, 1.54) is 0 Å². The molecule has 1 rings (SSSR count). The summed E-state index contributed by atoms with van der Waals surface area (Å²) in [6.07, 6.45) is 1.03. The van der Waals surface area contributed by atoms with E-state index in [9.17, 15) is 4.79 Å². The molecule has 100 valence electrons. The predicted octanol–water partition coefficient (Wildman–Crippen LogP) is 0.563. The van der Waals surface area contributed by atoms with E-state index in [2.05, 4.69) is 20.7 Å². The molecule has 0 aliphatic heterocycles. The van der Waals surface area contributed by atoms with Crippen molar-refractivity contribution in [1.82, 2.24) is 9.97 Å². The minimum atomic E-state index is -0.299. The number of rotatable bonds is 7. The first kappa shape index (κ1) is 14.2. The number of primary amides is 1. The lowest BCUT2D eigenvalue weighted by molar-refractivity contribution is -0.118. The average Bonchev–Trinajstić information content (AvgIpc) is 2.34. The monoisotopic (exact) mass is 252 g/mol. The van der Waals surface area contributed by atoms with Gasteiger partial charge < -0.3 is 16.5 Å². The lowest BCUT2D eigenvalue weighted by Crippen LogP contribution is -2.15. The largest absolute Gasteiger partial charge is 0.370 e. The second kappa shape index (κ2) is 6.75. The van der Waals surface area contributed by atoms with E-state index in [1.54, 1.807) is 6.07 Å². The Hall–Kier alpha value is -1.89. The van der Waals surface area contributed by atoms with Crippen molar-refractivity contribution in [2.75, 3.05) is 17.3 Å². The molecule has 18 heavy (non-hydrogen) atoms. The number of carbonyl (C=O) groups is 1. The molecule has 0 spiro atoms. The van der Waals surface area contributed by atoms with E-state index in [4.69, 9.17) is 11.6 Å². The van der Waals surface area contributed by atoms with Crippen LogP contribution in [-0.2, 0) is 4.79 Å². The van der Waals surface area contributed by atoms with Gasteiger partial charge in [-0.05, 0) is 6.42 Å². The van der Waals surface area contributed by atoms with Crippen molar-refractivity contribution < 1.29 is 4.79 Å². The van der Waals surface area contributed by atoms with Gasteiger partial charge in [-0.15, -0.1) is 0 Å². The molecule has 0 saturated carbocycles. The number of nitrogens with zero attached hydrogens (tertiary/aromatic N) is 2. The summed E-state index contributed by atoms with van der Waals surface area (Å²) in [5.41, 5.74) is 7.57. The Kier molecular flexibility index (Phi) is 5.31. The molecule has 0 saturated heterocycles. The number of hydrogen-bond acceptors (Lipinski definition) is 6. The van der Waals surface area contributed by atoms with E-state index in [1.807, 2.05) is 13.8 Å². The minimum Gasteiger partial charge on any atom is -0.370 e. The van der Waals surface area contributed by atoms with Crippen molar-refractivity contribution in [2.24, 2.45) is 11.6 Å². The fourth-order valence-electron chi connectivity index (χ4n) is 1.37. The quantitative estimate of drug-likeness (QED) is 0.320. The number of hydrogen-bond donors (Lipinski definition) is 4. The van der Waals surface area contributed by atoms with Crippen LogP contribution in [0.4, 0.5) is 11.6 Å². The van der Waals surface area contributed by atoms with Gasteiger partial charge in [0.15, 0.2) is 0 Å². The van der Waals surface area contributed by atoms with Crippen LogP contribution < -0.4 is 22.3 Å². The molecule has 7 heteroatoms. The molecule has 0 atom stereocenters. The molecule has 6 N–H and O–H groups in total. The third kappa shape index (κ3) is 4.54. The molecular formula is C11H20N6O. The number of nitrogen functional groups attached to an aromatic ring is 1. The van der Waals surface area contributed by atoms with Gasteiger partial charge in [0.25, 0.3) is 0 Å². The molecular weight excluding hydrogens is 232 g/mol. The van der Waals surface area contributed by atoms with Gasteiger partial charge >= 0.3 is 0 Å². The summed E-state index contributed by atoms with van der Waals surface area (Å²) in [5.74, 6) is 7.22. The van der Waals surface area contributed by atoms with Crippen LogP contribution in [0.5, 0.6) is 0 Å². The number of hydrazine groups is 1. The summed E-state index contributed by atoms with van der Waals surface area (Å²) < 4.78 is 0. The van der Waals surface area contributed by atoms with E-state index in [0.29, 0.717) is 36.8 Å². The van der Waals surface area contributed by atoms with Crippen LogP contribution in [0.15, 0.2) is 6.07 Å². The molecule has 1 aromatic rings. The highest BCUT2D eigenvalue weighted by Crippen LogP contribution is 2.16. The molecule has 0 radical (unpaired) electrons. The van der Waals surface area contributed by atoms with Crippen molar-refractivity contribution in [3.63, 3.8) is 0 Å². The molecule has 0 aliphatic rings. The van der Waals surface area contributed by atoms with Crippen molar-refractivity contribution in [3.05, 3.63) is 11.9 Å². The smallest absolute Gasteiger partial charge is 0.217 e. The zero-order valence-corrected chi connectivity index (χ0v) is 10.7. The Morgan fingerprint density at radius 3 is 2.61 bits per heavy atom. The van der Waals surface area contributed by atoms with E-state index in [-0.39, 0.29) is 11.8 Å². The molecule has 0 bridgehead atoms. The fraction of sp³-hybridized carbons (Fsp3) is 0.545. The number of nitrogens with one attached hydrogen (secondary N) is 2. The first-order valence-corrected chi connectivity index (χ1v) is 5.90. The molecule has 0 aliphatic carbocycles. The van der Waals surface area contributed by atoms with E-state index in [0.717, 1.165) is 0 Å². The molecule has 7 nitrogen and oxygen atoms in total. The highest BCUT2D eigenvalue weighted by Gasteiger charge is 2.07. The van der Waals surface area contributed by atoms with Gasteiger partial charge in [-0.1, -0.05) is 13.8 Å². The minimum absolute atomic E-state index is 0.212. The lowest BCUT2D eigenvalue weighted by Gasteiger charge is -2.11. The topological polar surface area (TPSA) is 119 Å². The maximum absolute atomic E-state index is 10.6. The van der Waals surface area contributed by atoms with Crippen LogP contribution in [-0.4, -0.2) is 22.4 Å². The van der Waals surface area contributed by atoms with Crippen LogP contribution in [0.1, 0.15) is 38.4 Å². The molecule has 0 aromatic carbocycles. The Morgan fingerprint density at radius 2 is 2.06 bits per heavy atom. The first-order valence-electron chi connectivity index (χ1n) is 5.90. The highest BCUT2D eigenvalue weighted by atomic mass is 16.1. The standard InChI is InChI=1S/C11H20N6O/c1-7(2)11-15-9(6-10(16-11)17-13)14-5-3-4-8(12)18/h6-7H,3-5,13H2,1-2H3,(H2,12,18)(H2,14,15,16,17). The average molecular weight is 252 g/mol. The van der Waals surface area contributed by atoms with Gasteiger partial charge in [0.2, 0.25) is 5.91 Å². The number of nitrogens with two attached hydrogens (primary N) is 2. The number of anilines is 2. The van der Waals surface area contributed by atoms with Crippen molar-refractivity contribution in [3.8, 4) is 0 Å². The summed E-state index contributed by atoms with van der Waals surface area (Å²) in [6.45, 7) is 4.64. The van der Waals surface area contributed by atoms with Crippen LogP contribution >= 0.6 is 0 Å². The summed E-state index contributed by atoms with van der Waals surface area (Å²) in [5, 5.41) is 3.12. The SMILES string of the molecule is CC(C)c1nc(NN)cc(NCCCC(N)=O)n1. The van der Waals surface area contributed by atoms with Crippen molar-refractivity contribution in [2.45, 2.75) is 32.6 Å². The van der Waals surface area contributed by atoms with Crippen molar-refractivity contribution >= 4 is 17.5 Å². The van der Waals surface area contributed by atoms with Gasteiger partial charge in [0.05, 0.1) is 0 Å². The molecule has 0 fully saturated rings. The maximum atomic E-state index is 10.6. The fourth-order valence-corrected chi connectivity index (χ4v) is 1.37. The summed E-state index contributed by atoms with van der Waals surface area (Å²) in [4.78, 5) is 19.2. The summed E-state index contributed by atoms with van der Waals surface area (Å²) >= 11 is 0. The molecule has 1 heterocycles. The Labute approximate surface area is 106 Å². The second-order valence-electron chi connectivity index (χ2n) is 4.29. The number of amides is 1. The predicted molar refractivity (Wildman–Crippen MR) is 70.8 cm³/mol.